The SMILES string of the molecule is Nc1cccc(F)c1COc1c(F)cccc1Cl. The van der Waals surface area contributed by atoms with Gasteiger partial charge in [0, 0.05) is 11.3 Å². The average Bonchev–Trinajstić information content (AvgIpc) is 2.31. The van der Waals surface area contributed by atoms with Gasteiger partial charge in [0.15, 0.2) is 11.6 Å². The Hall–Kier alpha value is -1.81. The highest BCUT2D eigenvalue weighted by molar-refractivity contribution is 6.32. The van der Waals surface area contributed by atoms with Crippen molar-refractivity contribution in [2.45, 2.75) is 6.61 Å². The molecule has 5 heteroatoms. The first-order valence-electron chi connectivity index (χ1n) is 5.19. The van der Waals surface area contributed by atoms with Crippen LogP contribution >= 0.6 is 11.6 Å². The van der Waals surface area contributed by atoms with E-state index >= 15 is 0 Å². The minimum atomic E-state index is -0.600. The van der Waals surface area contributed by atoms with Gasteiger partial charge in [-0.1, -0.05) is 23.7 Å². The molecule has 0 saturated carbocycles. The molecule has 2 N–H and O–H groups in total. The number of hydrogen-bond donors (Lipinski definition) is 1. The zero-order valence-electron chi connectivity index (χ0n) is 9.29. The lowest BCUT2D eigenvalue weighted by Crippen LogP contribution is -2.04. The van der Waals surface area contributed by atoms with Gasteiger partial charge in [0.1, 0.15) is 12.4 Å². The molecule has 0 aliphatic carbocycles. The number of ether oxygens (including phenoxy) is 1. The minimum absolute atomic E-state index is 0.109. The molecule has 0 aliphatic rings. The van der Waals surface area contributed by atoms with E-state index in [9.17, 15) is 8.78 Å². The number of rotatable bonds is 3. The van der Waals surface area contributed by atoms with Gasteiger partial charge in [-0.15, -0.1) is 0 Å². The van der Waals surface area contributed by atoms with Crippen LogP contribution in [-0.4, -0.2) is 0 Å². The number of halogens is 3. The third-order valence-electron chi connectivity index (χ3n) is 2.43. The fraction of sp³-hybridized carbons (Fsp3) is 0.0769. The summed E-state index contributed by atoms with van der Waals surface area (Å²) in [7, 11) is 0. The van der Waals surface area contributed by atoms with Crippen molar-refractivity contribution in [2.75, 3.05) is 5.73 Å². The second-order valence-electron chi connectivity index (χ2n) is 3.65. The Morgan fingerprint density at radius 1 is 1.06 bits per heavy atom. The highest BCUT2D eigenvalue weighted by atomic mass is 35.5. The molecular weight excluding hydrogens is 260 g/mol. The summed E-state index contributed by atoms with van der Waals surface area (Å²) in [5.41, 5.74) is 6.04. The Bertz CT molecular complexity index is 483. The molecule has 0 unspecified atom stereocenters. The molecular formula is C13H10ClF2NO. The molecule has 0 heterocycles. The fourth-order valence-electron chi connectivity index (χ4n) is 1.49. The van der Waals surface area contributed by atoms with Crippen molar-refractivity contribution >= 4 is 17.3 Å². The van der Waals surface area contributed by atoms with Crippen LogP contribution < -0.4 is 10.5 Å². The van der Waals surface area contributed by atoms with Gasteiger partial charge < -0.3 is 10.5 Å². The van der Waals surface area contributed by atoms with Gasteiger partial charge in [0.2, 0.25) is 0 Å². The minimum Gasteiger partial charge on any atom is -0.484 e. The summed E-state index contributed by atoms with van der Waals surface area (Å²) in [6.45, 7) is -0.181. The standard InChI is InChI=1S/C13H10ClF2NO/c14-9-3-1-5-11(16)13(9)18-7-8-10(15)4-2-6-12(8)17/h1-6H,7,17H2. The molecule has 0 radical (unpaired) electrons. The summed E-state index contributed by atoms with van der Waals surface area (Å²) < 4.78 is 32.1. The lowest BCUT2D eigenvalue weighted by molar-refractivity contribution is 0.285. The molecule has 94 valence electrons. The van der Waals surface area contributed by atoms with E-state index in [0.717, 1.165) is 0 Å². The second kappa shape index (κ2) is 5.23. The molecule has 0 bridgehead atoms. The van der Waals surface area contributed by atoms with Gasteiger partial charge >= 0.3 is 0 Å². The molecule has 0 saturated heterocycles. The van der Waals surface area contributed by atoms with Gasteiger partial charge in [-0.2, -0.15) is 0 Å². The van der Waals surface area contributed by atoms with Crippen molar-refractivity contribution in [1.82, 2.24) is 0 Å². The van der Waals surface area contributed by atoms with E-state index in [-0.39, 0.29) is 28.6 Å². The Kier molecular flexibility index (Phi) is 3.67. The van der Waals surface area contributed by atoms with Gasteiger partial charge in [0.25, 0.3) is 0 Å². The van der Waals surface area contributed by atoms with Crippen molar-refractivity contribution in [3.8, 4) is 5.75 Å². The Morgan fingerprint density at radius 2 is 1.72 bits per heavy atom. The van der Waals surface area contributed by atoms with E-state index in [2.05, 4.69) is 0 Å². The number of nitrogens with two attached hydrogens (primary N) is 1. The van der Waals surface area contributed by atoms with Crippen molar-refractivity contribution in [3.63, 3.8) is 0 Å². The molecule has 0 atom stereocenters. The van der Waals surface area contributed by atoms with Crippen molar-refractivity contribution in [2.24, 2.45) is 0 Å². The molecule has 2 aromatic rings. The van der Waals surface area contributed by atoms with Crippen LogP contribution in [-0.2, 0) is 6.61 Å². The van der Waals surface area contributed by atoms with E-state index in [1.165, 1.54) is 30.3 Å². The quantitative estimate of drug-likeness (QED) is 0.861. The molecule has 2 aromatic carbocycles. The summed E-state index contributed by atoms with van der Waals surface area (Å²) >= 11 is 5.79. The zero-order valence-corrected chi connectivity index (χ0v) is 10.0. The molecule has 0 amide bonds. The van der Waals surface area contributed by atoms with Crippen molar-refractivity contribution in [3.05, 3.63) is 58.6 Å². The van der Waals surface area contributed by atoms with Crippen LogP contribution in [0, 0.1) is 11.6 Å². The molecule has 18 heavy (non-hydrogen) atoms. The summed E-state index contributed by atoms with van der Waals surface area (Å²) in [4.78, 5) is 0. The third-order valence-corrected chi connectivity index (χ3v) is 2.73. The summed E-state index contributed by atoms with van der Waals surface area (Å²) in [5.74, 6) is -1.21. The average molecular weight is 270 g/mol. The largest absolute Gasteiger partial charge is 0.484 e. The first-order chi connectivity index (χ1) is 8.59. The third kappa shape index (κ3) is 2.54. The maximum absolute atomic E-state index is 13.5. The number of hydrogen-bond acceptors (Lipinski definition) is 2. The van der Waals surface area contributed by atoms with Crippen LogP contribution in [0.4, 0.5) is 14.5 Å². The van der Waals surface area contributed by atoms with E-state index in [1.807, 2.05) is 0 Å². The molecule has 0 aliphatic heterocycles. The normalized spacial score (nSPS) is 10.4. The molecule has 0 fully saturated rings. The van der Waals surface area contributed by atoms with Gasteiger partial charge in [0.05, 0.1) is 5.02 Å². The van der Waals surface area contributed by atoms with Crippen molar-refractivity contribution < 1.29 is 13.5 Å². The van der Waals surface area contributed by atoms with Crippen LogP contribution in [0.25, 0.3) is 0 Å². The Labute approximate surface area is 108 Å². The summed E-state index contributed by atoms with van der Waals surface area (Å²) in [6, 6.07) is 8.46. The number of benzene rings is 2. The van der Waals surface area contributed by atoms with E-state index in [0.29, 0.717) is 0 Å². The van der Waals surface area contributed by atoms with Gasteiger partial charge in [-0.05, 0) is 24.3 Å². The smallest absolute Gasteiger partial charge is 0.174 e. The number of nitrogen functional groups attached to an aromatic ring is 1. The van der Waals surface area contributed by atoms with Crippen molar-refractivity contribution in [1.29, 1.82) is 0 Å². The number of anilines is 1. The predicted octanol–water partition coefficient (Wildman–Crippen LogP) is 3.78. The van der Waals surface area contributed by atoms with E-state index < -0.39 is 11.6 Å². The lowest BCUT2D eigenvalue weighted by Gasteiger charge is -2.11. The lowest BCUT2D eigenvalue weighted by atomic mass is 10.2. The molecule has 0 spiro atoms. The first kappa shape index (κ1) is 12.6. The Balaban J connectivity index is 2.22. The van der Waals surface area contributed by atoms with Gasteiger partial charge in [-0.3, -0.25) is 0 Å². The highest BCUT2D eigenvalue weighted by Crippen LogP contribution is 2.29. The molecule has 2 nitrogen and oxygen atoms in total. The Morgan fingerprint density at radius 3 is 2.39 bits per heavy atom. The summed E-state index contributed by atoms with van der Waals surface area (Å²) in [6.07, 6.45) is 0. The van der Waals surface area contributed by atoms with Crippen LogP contribution in [0.5, 0.6) is 5.75 Å². The zero-order chi connectivity index (χ0) is 13.1. The monoisotopic (exact) mass is 269 g/mol. The van der Waals surface area contributed by atoms with Crippen LogP contribution in [0.15, 0.2) is 36.4 Å². The number of para-hydroxylation sites is 1. The first-order valence-corrected chi connectivity index (χ1v) is 5.57. The van der Waals surface area contributed by atoms with Gasteiger partial charge in [-0.25, -0.2) is 8.78 Å². The van der Waals surface area contributed by atoms with Crippen LogP contribution in [0.2, 0.25) is 5.02 Å². The van der Waals surface area contributed by atoms with E-state index in [4.69, 9.17) is 22.1 Å². The fourth-order valence-corrected chi connectivity index (χ4v) is 1.71. The topological polar surface area (TPSA) is 35.2 Å². The van der Waals surface area contributed by atoms with Crippen LogP contribution in [0.3, 0.4) is 0 Å². The summed E-state index contributed by atoms with van der Waals surface area (Å²) in [5, 5.41) is 0.130. The van der Waals surface area contributed by atoms with E-state index in [1.54, 1.807) is 6.07 Å². The van der Waals surface area contributed by atoms with Crippen LogP contribution in [0.1, 0.15) is 5.56 Å². The maximum Gasteiger partial charge on any atom is 0.174 e. The predicted molar refractivity (Wildman–Crippen MR) is 66.6 cm³/mol. The maximum atomic E-state index is 13.5. The molecule has 2 rings (SSSR count). The highest BCUT2D eigenvalue weighted by Gasteiger charge is 2.11. The second-order valence-corrected chi connectivity index (χ2v) is 4.05. The molecule has 0 aromatic heterocycles.